The molecule has 0 aromatic carbocycles. The van der Waals surface area contributed by atoms with Gasteiger partial charge in [-0.3, -0.25) is 0 Å². The quantitative estimate of drug-likeness (QED) is 0.398. The summed E-state index contributed by atoms with van der Waals surface area (Å²) in [6.07, 6.45) is 0. The molecule has 0 heterocycles. The van der Waals surface area contributed by atoms with E-state index < -0.39 is 0 Å². The number of hydrogen-bond donors (Lipinski definition) is 0. The Labute approximate surface area is 95.8 Å². The molecule has 19 valence electrons. The fourth-order valence-electron chi connectivity index (χ4n) is 0. The van der Waals surface area contributed by atoms with Crippen molar-refractivity contribution in [2.45, 2.75) is 0 Å². The predicted octanol–water partition coefficient (Wildman–Crippen LogP) is -3.65. The van der Waals surface area contributed by atoms with E-state index >= 15 is 0 Å². The maximum absolute atomic E-state index is 8.28. The first-order valence-electron chi connectivity index (χ1n) is 0.289. The van der Waals surface area contributed by atoms with Crippen molar-refractivity contribution in [3.05, 3.63) is 0 Å². The number of hydrogen-bond acceptors (Lipinski definition) is 1. The second kappa shape index (κ2) is 28.9. The van der Waals surface area contributed by atoms with Crippen LogP contribution in [0.3, 0.4) is 0 Å². The van der Waals surface area contributed by atoms with Gasteiger partial charge in [-0.05, 0) is 0 Å². The van der Waals surface area contributed by atoms with Crippen molar-refractivity contribution in [1.29, 1.82) is 0 Å². The molecule has 0 rings (SSSR count). The van der Waals surface area contributed by atoms with E-state index in [0.717, 1.165) is 0 Å². The first-order chi connectivity index (χ1) is 1.00. The topological polar surface area (TPSA) is 17.1 Å². The van der Waals surface area contributed by atoms with Crippen LogP contribution in [0.15, 0.2) is 0 Å². The Balaban J connectivity index is -0.000000000833. The van der Waals surface area contributed by atoms with Gasteiger partial charge in [0.25, 0.3) is 0 Å². The van der Waals surface area contributed by atoms with E-state index in [1.165, 1.54) is 0 Å². The molecule has 5 heavy (non-hydrogen) atoms. The summed E-state index contributed by atoms with van der Waals surface area (Å²) in [4.78, 5) is 0. The summed E-state index contributed by atoms with van der Waals surface area (Å²) < 4.78 is 8.28. The summed E-state index contributed by atoms with van der Waals surface area (Å²) in [5, 5.41) is 0. The minimum absolute atomic E-state index is 0. The fraction of sp³-hybridized carbons (Fsp3) is 0. The normalized spacial score (nSPS) is 0.600. The van der Waals surface area contributed by atoms with E-state index in [2.05, 4.69) is 0 Å². The molecule has 0 N–H and O–H groups in total. The number of rotatable bonds is 0. The molecular formula is H2AlLaLiOTi. The SMILES string of the molecule is [H-].[La].[Li+].[O]=[AlH].[Ti]. The molecule has 0 fully saturated rings. The molecule has 0 aromatic rings. The van der Waals surface area contributed by atoms with Crippen molar-refractivity contribution in [1.82, 2.24) is 0 Å². The fourth-order valence-corrected chi connectivity index (χ4v) is 0. The molecule has 0 aromatic heterocycles. The van der Waals surface area contributed by atoms with Crippen LogP contribution in [0.2, 0.25) is 0 Å². The molecule has 0 aliphatic heterocycles. The third-order valence-corrected chi connectivity index (χ3v) is 0. The molecule has 0 aliphatic carbocycles. The summed E-state index contributed by atoms with van der Waals surface area (Å²) in [6, 6.07) is 0. The summed E-state index contributed by atoms with van der Waals surface area (Å²) in [5.41, 5.74) is 0. The van der Waals surface area contributed by atoms with E-state index in [-0.39, 0.29) is 77.6 Å². The Morgan fingerprint density at radius 2 is 1.40 bits per heavy atom. The van der Waals surface area contributed by atoms with Gasteiger partial charge in [0.2, 0.25) is 0 Å². The van der Waals surface area contributed by atoms with Crippen LogP contribution >= 0.6 is 0 Å². The molecular weight excluding hydrogens is 237 g/mol. The monoisotopic (exact) mass is 239 g/mol. The first kappa shape index (κ1) is 24.9. The van der Waals surface area contributed by atoms with Crippen LogP contribution < -0.4 is 18.9 Å². The van der Waals surface area contributed by atoms with Gasteiger partial charge in [-0.25, -0.2) is 0 Å². The van der Waals surface area contributed by atoms with Crippen molar-refractivity contribution in [2.24, 2.45) is 0 Å². The van der Waals surface area contributed by atoms with E-state index in [4.69, 9.17) is 3.80 Å². The van der Waals surface area contributed by atoms with Crippen molar-refractivity contribution in [3.8, 4) is 0 Å². The summed E-state index contributed by atoms with van der Waals surface area (Å²) in [7, 11) is 0. The van der Waals surface area contributed by atoms with Gasteiger partial charge in [0.15, 0.2) is 0 Å². The van der Waals surface area contributed by atoms with Gasteiger partial charge in [0, 0.05) is 57.3 Å². The molecule has 0 saturated heterocycles. The van der Waals surface area contributed by atoms with Gasteiger partial charge in [-0.1, -0.05) is 0 Å². The van der Waals surface area contributed by atoms with Gasteiger partial charge < -0.3 is 1.43 Å². The molecule has 0 spiro atoms. The standard InChI is InChI=1S/Al.La.Li.O.Ti.2H/q;;+1;;;;-1. The zero-order chi connectivity index (χ0) is 2.00. The van der Waals surface area contributed by atoms with Crippen LogP contribution in [0.4, 0.5) is 0 Å². The Hall–Kier alpha value is 2.84. The van der Waals surface area contributed by atoms with Crippen LogP contribution in [0.25, 0.3) is 0 Å². The van der Waals surface area contributed by atoms with E-state index in [1.54, 1.807) is 0 Å². The van der Waals surface area contributed by atoms with Gasteiger partial charge in [-0.15, -0.1) is 0 Å². The third-order valence-electron chi connectivity index (χ3n) is 0. The van der Waals surface area contributed by atoms with Crippen LogP contribution in [-0.4, -0.2) is 16.2 Å². The van der Waals surface area contributed by atoms with Crippen molar-refractivity contribution in [2.75, 3.05) is 0 Å². The minimum Gasteiger partial charge on any atom is 0 e. The molecule has 0 bridgehead atoms. The van der Waals surface area contributed by atoms with Gasteiger partial charge in [0.1, 0.15) is 0 Å². The second-order valence-electron chi connectivity index (χ2n) is 0. The molecule has 0 unspecified atom stereocenters. The molecule has 0 aliphatic rings. The molecule has 1 nitrogen and oxygen atoms in total. The van der Waals surface area contributed by atoms with E-state index in [9.17, 15) is 0 Å². The van der Waals surface area contributed by atoms with Crippen LogP contribution in [0.1, 0.15) is 1.43 Å². The zero-order valence-corrected chi connectivity index (χ0v) is 9.79. The molecule has 1 radical (unpaired) electrons. The summed E-state index contributed by atoms with van der Waals surface area (Å²) in [5.74, 6) is 0. The van der Waals surface area contributed by atoms with Crippen LogP contribution in [0.5, 0.6) is 0 Å². The Kier molecular flexibility index (Phi) is 144. The average Bonchev–Trinajstić information content (AvgIpc) is 1.00. The molecule has 0 atom stereocenters. The minimum atomic E-state index is 0. The summed E-state index contributed by atoms with van der Waals surface area (Å²) in [6.45, 7) is 0. The van der Waals surface area contributed by atoms with Crippen molar-refractivity contribution >= 4 is 16.2 Å². The average molecular weight is 239 g/mol. The maximum atomic E-state index is 8.28. The van der Waals surface area contributed by atoms with Gasteiger partial charge in [-0.2, -0.15) is 0 Å². The Bertz CT molecular complexity index is 15.5. The smallest absolute Gasteiger partial charge is 0 e. The summed E-state index contributed by atoms with van der Waals surface area (Å²) >= 11 is 0.611. The van der Waals surface area contributed by atoms with Gasteiger partial charge in [0.05, 0.1) is 0 Å². The zero-order valence-electron chi connectivity index (χ0n) is 4.19. The molecule has 5 heteroatoms. The van der Waals surface area contributed by atoms with Gasteiger partial charge >= 0.3 is 38.9 Å². The van der Waals surface area contributed by atoms with Crippen LogP contribution in [0, 0.1) is 35.6 Å². The Morgan fingerprint density at radius 3 is 1.40 bits per heavy atom. The van der Waals surface area contributed by atoms with E-state index in [0.29, 0.717) is 16.2 Å². The van der Waals surface area contributed by atoms with Crippen LogP contribution in [-0.2, 0) is 25.5 Å². The predicted molar refractivity (Wildman–Crippen MR) is 8.95 cm³/mol. The second-order valence-corrected chi connectivity index (χ2v) is 0. The van der Waals surface area contributed by atoms with Crippen molar-refractivity contribution < 1.29 is 81.4 Å². The Morgan fingerprint density at radius 1 is 1.40 bits per heavy atom. The van der Waals surface area contributed by atoms with E-state index in [1.807, 2.05) is 0 Å². The largest absolute Gasteiger partial charge is 0 e. The third kappa shape index (κ3) is 19.9. The molecule has 0 amide bonds. The molecule has 0 saturated carbocycles. The maximum Gasteiger partial charge on any atom is 0 e. The first-order valence-corrected chi connectivity index (χ1v) is 0.866. The van der Waals surface area contributed by atoms with Crippen molar-refractivity contribution in [3.63, 3.8) is 0 Å².